The third-order valence-corrected chi connectivity index (χ3v) is 4.74. The fourth-order valence-electron chi connectivity index (χ4n) is 3.35. The first kappa shape index (κ1) is 16.6. The molecule has 122 valence electrons. The van der Waals surface area contributed by atoms with E-state index < -0.39 is 5.60 Å². The number of carbonyl (C=O) groups is 1. The lowest BCUT2D eigenvalue weighted by Crippen LogP contribution is -2.54. The second-order valence-electron chi connectivity index (χ2n) is 8.26. The van der Waals surface area contributed by atoms with Crippen LogP contribution >= 0.6 is 0 Å². The van der Waals surface area contributed by atoms with Crippen molar-refractivity contribution < 1.29 is 9.53 Å². The van der Waals surface area contributed by atoms with Crippen molar-refractivity contribution in [2.45, 2.75) is 90.3 Å². The molecule has 0 atom stereocenters. The summed E-state index contributed by atoms with van der Waals surface area (Å²) in [6, 6.07) is 0.834. The summed E-state index contributed by atoms with van der Waals surface area (Å²) in [6.07, 6.45) is 8.63. The van der Waals surface area contributed by atoms with Gasteiger partial charge in [0, 0.05) is 18.6 Å². The Balaban J connectivity index is 1.60. The predicted molar refractivity (Wildman–Crippen MR) is 85.4 cm³/mol. The van der Waals surface area contributed by atoms with Crippen molar-refractivity contribution in [3.63, 3.8) is 0 Å². The predicted octanol–water partition coefficient (Wildman–Crippen LogP) is 3.60. The monoisotopic (exact) mass is 296 g/mol. The van der Waals surface area contributed by atoms with E-state index in [1.54, 1.807) is 0 Å². The van der Waals surface area contributed by atoms with Gasteiger partial charge >= 0.3 is 6.09 Å². The van der Waals surface area contributed by atoms with Crippen molar-refractivity contribution in [1.82, 2.24) is 10.6 Å². The average molecular weight is 296 g/mol. The molecule has 0 heterocycles. The van der Waals surface area contributed by atoms with Gasteiger partial charge in [0.05, 0.1) is 0 Å². The molecule has 2 saturated carbocycles. The standard InChI is InChI=1S/C17H32N2O2/c1-16(2,3)21-15(20)19-14-10-13(11-14)18-12-17(4)8-6-5-7-9-17/h13-14,18H,5-12H2,1-4H3,(H,19,20). The largest absolute Gasteiger partial charge is 0.444 e. The number of ether oxygens (including phenoxy) is 1. The molecule has 2 aliphatic carbocycles. The average Bonchev–Trinajstić information content (AvgIpc) is 2.30. The fourth-order valence-corrected chi connectivity index (χ4v) is 3.35. The van der Waals surface area contributed by atoms with Crippen molar-refractivity contribution in [1.29, 1.82) is 0 Å². The zero-order valence-electron chi connectivity index (χ0n) is 14.1. The van der Waals surface area contributed by atoms with Crippen LogP contribution in [-0.2, 0) is 4.74 Å². The maximum absolute atomic E-state index is 11.7. The van der Waals surface area contributed by atoms with E-state index in [-0.39, 0.29) is 12.1 Å². The summed E-state index contributed by atoms with van der Waals surface area (Å²) in [5.74, 6) is 0. The van der Waals surface area contributed by atoms with Crippen molar-refractivity contribution >= 4 is 6.09 Å². The van der Waals surface area contributed by atoms with E-state index >= 15 is 0 Å². The maximum Gasteiger partial charge on any atom is 0.407 e. The van der Waals surface area contributed by atoms with Gasteiger partial charge < -0.3 is 15.4 Å². The van der Waals surface area contributed by atoms with E-state index in [4.69, 9.17) is 4.74 Å². The number of carbonyl (C=O) groups excluding carboxylic acids is 1. The number of hydrogen-bond acceptors (Lipinski definition) is 3. The van der Waals surface area contributed by atoms with Gasteiger partial charge in [-0.15, -0.1) is 0 Å². The summed E-state index contributed by atoms with van der Waals surface area (Å²) in [5.41, 5.74) is 0.0724. The van der Waals surface area contributed by atoms with Gasteiger partial charge in [0.25, 0.3) is 0 Å². The van der Waals surface area contributed by atoms with Crippen molar-refractivity contribution in [3.8, 4) is 0 Å². The molecule has 2 fully saturated rings. The van der Waals surface area contributed by atoms with Gasteiger partial charge in [0.2, 0.25) is 0 Å². The normalized spacial score (nSPS) is 28.6. The zero-order chi connectivity index (χ0) is 15.5. The SMILES string of the molecule is CC1(CNC2CC(NC(=O)OC(C)(C)C)C2)CCCCC1. The Kier molecular flexibility index (Phi) is 5.18. The smallest absolute Gasteiger partial charge is 0.407 e. The highest BCUT2D eigenvalue weighted by Crippen LogP contribution is 2.35. The zero-order valence-corrected chi connectivity index (χ0v) is 14.1. The molecule has 2 N–H and O–H groups in total. The molecule has 0 aliphatic heterocycles. The summed E-state index contributed by atoms with van der Waals surface area (Å²) in [5, 5.41) is 6.64. The maximum atomic E-state index is 11.7. The Morgan fingerprint density at radius 1 is 1.14 bits per heavy atom. The highest BCUT2D eigenvalue weighted by Gasteiger charge is 2.34. The summed E-state index contributed by atoms with van der Waals surface area (Å²) in [4.78, 5) is 11.7. The van der Waals surface area contributed by atoms with Crippen molar-refractivity contribution in [2.24, 2.45) is 5.41 Å². The van der Waals surface area contributed by atoms with Crippen LogP contribution < -0.4 is 10.6 Å². The minimum absolute atomic E-state index is 0.275. The minimum Gasteiger partial charge on any atom is -0.444 e. The Labute approximate surface area is 129 Å². The highest BCUT2D eigenvalue weighted by molar-refractivity contribution is 5.68. The second-order valence-corrected chi connectivity index (χ2v) is 8.26. The third kappa shape index (κ3) is 5.50. The van der Waals surface area contributed by atoms with Crippen LogP contribution in [0, 0.1) is 5.41 Å². The molecule has 0 unspecified atom stereocenters. The molecule has 0 bridgehead atoms. The van der Waals surface area contributed by atoms with Gasteiger partial charge in [0.1, 0.15) is 5.60 Å². The molecule has 1 amide bonds. The summed E-state index contributed by atoms with van der Waals surface area (Å²) in [6.45, 7) is 9.21. The topological polar surface area (TPSA) is 50.4 Å². The summed E-state index contributed by atoms with van der Waals surface area (Å²) >= 11 is 0. The molecule has 0 aromatic heterocycles. The molecule has 2 aliphatic rings. The highest BCUT2D eigenvalue weighted by atomic mass is 16.6. The lowest BCUT2D eigenvalue weighted by atomic mass is 9.75. The lowest BCUT2D eigenvalue weighted by Gasteiger charge is -2.40. The number of hydrogen-bond donors (Lipinski definition) is 2. The van der Waals surface area contributed by atoms with Crippen LogP contribution in [0.1, 0.15) is 72.6 Å². The Morgan fingerprint density at radius 2 is 1.76 bits per heavy atom. The van der Waals surface area contributed by atoms with E-state index in [1.165, 1.54) is 32.1 Å². The van der Waals surface area contributed by atoms with Gasteiger partial charge in [-0.2, -0.15) is 0 Å². The quantitative estimate of drug-likeness (QED) is 0.833. The van der Waals surface area contributed by atoms with E-state index in [9.17, 15) is 4.79 Å². The summed E-state index contributed by atoms with van der Waals surface area (Å²) < 4.78 is 5.28. The van der Waals surface area contributed by atoms with Gasteiger partial charge in [-0.1, -0.05) is 26.2 Å². The van der Waals surface area contributed by atoms with Crippen molar-refractivity contribution in [3.05, 3.63) is 0 Å². The first-order valence-electron chi connectivity index (χ1n) is 8.49. The van der Waals surface area contributed by atoms with Crippen LogP contribution in [-0.4, -0.2) is 30.3 Å². The number of rotatable bonds is 4. The Morgan fingerprint density at radius 3 is 2.33 bits per heavy atom. The van der Waals surface area contributed by atoms with Crippen LogP contribution in [0.4, 0.5) is 4.79 Å². The van der Waals surface area contributed by atoms with E-state index in [0.29, 0.717) is 11.5 Å². The molecule has 21 heavy (non-hydrogen) atoms. The van der Waals surface area contributed by atoms with Gasteiger partial charge in [-0.3, -0.25) is 0 Å². The van der Waals surface area contributed by atoms with Crippen LogP contribution in [0.15, 0.2) is 0 Å². The first-order valence-corrected chi connectivity index (χ1v) is 8.49. The minimum atomic E-state index is -0.416. The molecule has 0 aromatic carbocycles. The van der Waals surface area contributed by atoms with Crippen LogP contribution in [0.3, 0.4) is 0 Å². The summed E-state index contributed by atoms with van der Waals surface area (Å²) in [7, 11) is 0. The van der Waals surface area contributed by atoms with Crippen LogP contribution in [0.25, 0.3) is 0 Å². The molecule has 2 rings (SSSR count). The van der Waals surface area contributed by atoms with E-state index in [0.717, 1.165) is 19.4 Å². The van der Waals surface area contributed by atoms with Gasteiger partial charge in [-0.05, 0) is 51.9 Å². The molecular weight excluding hydrogens is 264 g/mol. The van der Waals surface area contributed by atoms with Gasteiger partial charge in [-0.25, -0.2) is 4.79 Å². The number of alkyl carbamates (subject to hydrolysis) is 1. The molecule has 4 nitrogen and oxygen atoms in total. The molecule has 4 heteroatoms. The van der Waals surface area contributed by atoms with E-state index in [1.807, 2.05) is 20.8 Å². The molecule has 0 radical (unpaired) electrons. The number of nitrogens with one attached hydrogen (secondary N) is 2. The van der Waals surface area contributed by atoms with Crippen LogP contribution in [0.2, 0.25) is 0 Å². The number of amides is 1. The Hall–Kier alpha value is -0.770. The van der Waals surface area contributed by atoms with Crippen molar-refractivity contribution in [2.75, 3.05) is 6.54 Å². The van der Waals surface area contributed by atoms with Crippen LogP contribution in [0.5, 0.6) is 0 Å². The fraction of sp³-hybridized carbons (Fsp3) is 0.941. The molecular formula is C17H32N2O2. The lowest BCUT2D eigenvalue weighted by molar-refractivity contribution is 0.0461. The molecule has 0 spiro atoms. The first-order chi connectivity index (χ1) is 9.76. The second kappa shape index (κ2) is 6.55. The van der Waals surface area contributed by atoms with E-state index in [2.05, 4.69) is 17.6 Å². The molecule has 0 saturated heterocycles. The third-order valence-electron chi connectivity index (χ3n) is 4.74. The molecule has 0 aromatic rings. The van der Waals surface area contributed by atoms with Gasteiger partial charge in [0.15, 0.2) is 0 Å². The Bertz CT molecular complexity index is 350.